The van der Waals surface area contributed by atoms with Crippen molar-refractivity contribution in [2.24, 2.45) is 17.3 Å². The summed E-state index contributed by atoms with van der Waals surface area (Å²) in [4.78, 5) is 26.0. The Morgan fingerprint density at radius 3 is 2.17 bits per heavy atom. The van der Waals surface area contributed by atoms with E-state index in [1.807, 2.05) is 6.92 Å². The highest BCUT2D eigenvalue weighted by atomic mass is 19.4. The molecule has 4 fully saturated rings. The monoisotopic (exact) mass is 582 g/mol. The van der Waals surface area contributed by atoms with E-state index in [0.717, 1.165) is 18.9 Å². The molecule has 3 aliphatic carbocycles. The van der Waals surface area contributed by atoms with Gasteiger partial charge in [-0.15, -0.1) is 0 Å². The van der Waals surface area contributed by atoms with Crippen LogP contribution in [0.25, 0.3) is 0 Å². The molecular formula is C30H42BF3O7. The van der Waals surface area contributed by atoms with E-state index in [-0.39, 0.29) is 29.3 Å². The average molecular weight is 582 g/mol. The van der Waals surface area contributed by atoms with Crippen molar-refractivity contribution in [3.63, 3.8) is 0 Å². The van der Waals surface area contributed by atoms with Crippen molar-refractivity contribution >= 4 is 19.2 Å². The highest BCUT2D eigenvalue weighted by molar-refractivity contribution is 6.47. The molecular weight excluding hydrogens is 540 g/mol. The van der Waals surface area contributed by atoms with Gasteiger partial charge in [-0.05, 0) is 102 Å². The van der Waals surface area contributed by atoms with Gasteiger partial charge >= 0.3 is 25.4 Å². The topological polar surface area (TPSA) is 80.3 Å². The van der Waals surface area contributed by atoms with Crippen LogP contribution in [0.15, 0.2) is 12.1 Å². The van der Waals surface area contributed by atoms with Crippen molar-refractivity contribution in [2.45, 2.75) is 123 Å². The number of benzene rings is 1. The second-order valence-corrected chi connectivity index (χ2v) is 14.6. The molecule has 3 saturated carbocycles. The average Bonchev–Trinajstić information content (AvgIpc) is 3.13. The number of alkyl halides is 3. The van der Waals surface area contributed by atoms with Gasteiger partial charge in [0.2, 0.25) is 0 Å². The van der Waals surface area contributed by atoms with E-state index in [2.05, 4.69) is 20.8 Å². The molecule has 228 valence electrons. The van der Waals surface area contributed by atoms with Crippen LogP contribution in [0.4, 0.5) is 18.0 Å². The lowest BCUT2D eigenvalue weighted by atomic mass is 9.43. The van der Waals surface area contributed by atoms with Gasteiger partial charge < -0.3 is 23.5 Å². The molecule has 1 saturated heterocycles. The number of halogens is 3. The van der Waals surface area contributed by atoms with Crippen LogP contribution in [-0.4, -0.2) is 42.2 Å². The van der Waals surface area contributed by atoms with E-state index in [0.29, 0.717) is 11.8 Å². The zero-order valence-electron chi connectivity index (χ0n) is 25.7. The zero-order chi connectivity index (χ0) is 30.9. The van der Waals surface area contributed by atoms with Gasteiger partial charge in [0, 0.05) is 0 Å². The molecule has 0 radical (unpaired) electrons. The summed E-state index contributed by atoms with van der Waals surface area (Å²) in [5.41, 5.74) is -4.34. The van der Waals surface area contributed by atoms with E-state index in [9.17, 15) is 22.8 Å². The zero-order valence-corrected chi connectivity index (χ0v) is 25.7. The first-order valence-corrected chi connectivity index (χ1v) is 14.2. The van der Waals surface area contributed by atoms with Crippen molar-refractivity contribution in [3.05, 3.63) is 28.8 Å². The number of hydrogen-bond donors (Lipinski definition) is 0. The van der Waals surface area contributed by atoms with Crippen molar-refractivity contribution < 1.29 is 46.3 Å². The van der Waals surface area contributed by atoms with Crippen molar-refractivity contribution in [3.8, 4) is 5.75 Å². The summed E-state index contributed by atoms with van der Waals surface area (Å²) >= 11 is 0. The Labute approximate surface area is 240 Å². The lowest BCUT2D eigenvalue weighted by Crippen LogP contribution is -2.65. The predicted molar refractivity (Wildman–Crippen MR) is 147 cm³/mol. The van der Waals surface area contributed by atoms with Gasteiger partial charge in [0.05, 0.1) is 17.3 Å². The number of rotatable bonds is 5. The quantitative estimate of drug-likeness (QED) is 0.201. The van der Waals surface area contributed by atoms with E-state index in [1.54, 1.807) is 41.5 Å². The minimum atomic E-state index is -4.92. The smallest absolute Gasteiger partial charge is 0.456 e. The van der Waals surface area contributed by atoms with Gasteiger partial charge in [0.15, 0.2) is 5.75 Å². The van der Waals surface area contributed by atoms with Gasteiger partial charge in [0.25, 0.3) is 0 Å². The lowest BCUT2D eigenvalue weighted by molar-refractivity contribution is -0.199. The summed E-state index contributed by atoms with van der Waals surface area (Å²) in [7, 11) is -0.623. The second kappa shape index (κ2) is 10.2. The molecule has 0 N–H and O–H groups in total. The summed E-state index contributed by atoms with van der Waals surface area (Å²) in [6.07, 6.45) is -4.15. The number of ether oxygens (including phenoxy) is 3. The standard InChI is InChI=1S/C30H42BF3O7/c1-16(31-40-21-15-18-14-20(28(18,8)9)29(21,10)41-31)13-17-11-12-19(30(32,33)34)22(24(35)38-26(2,3)4)23(17)37-25(36)39-27(5,6)7/h11-12,16,18,20-21H,13-15H2,1-10H3/t16-,18+,20+,21-,29+/m1/s1. The Bertz CT molecular complexity index is 1200. The molecule has 1 aliphatic heterocycles. The Balaban J connectivity index is 1.70. The van der Waals surface area contributed by atoms with Gasteiger partial charge in [-0.25, -0.2) is 9.59 Å². The number of carbonyl (C=O) groups excluding carboxylic acids is 2. The normalized spacial score (nSPS) is 27.9. The van der Waals surface area contributed by atoms with Crippen LogP contribution in [0, 0.1) is 17.3 Å². The third-order valence-corrected chi connectivity index (χ3v) is 8.70. The van der Waals surface area contributed by atoms with Crippen LogP contribution in [0.1, 0.15) is 104 Å². The molecule has 2 bridgehead atoms. The third kappa shape index (κ3) is 6.26. The van der Waals surface area contributed by atoms with Gasteiger partial charge in [-0.1, -0.05) is 26.8 Å². The Morgan fingerprint density at radius 2 is 1.63 bits per heavy atom. The molecule has 7 nitrogen and oxygen atoms in total. The molecule has 41 heavy (non-hydrogen) atoms. The Kier molecular flexibility index (Phi) is 7.86. The van der Waals surface area contributed by atoms with Crippen LogP contribution >= 0.6 is 0 Å². The van der Waals surface area contributed by atoms with E-state index < -0.39 is 59.1 Å². The predicted octanol–water partition coefficient (Wildman–Crippen LogP) is 7.64. The highest BCUT2D eigenvalue weighted by Gasteiger charge is 2.68. The summed E-state index contributed by atoms with van der Waals surface area (Å²) < 4.78 is 71.4. The highest BCUT2D eigenvalue weighted by Crippen LogP contribution is 2.66. The van der Waals surface area contributed by atoms with Crippen LogP contribution in [0.3, 0.4) is 0 Å². The minimum absolute atomic E-state index is 0.0749. The first-order chi connectivity index (χ1) is 18.5. The molecule has 1 aromatic rings. The first kappa shape index (κ1) is 31.7. The maximum Gasteiger partial charge on any atom is 0.514 e. The molecule has 5 rings (SSSR count). The SMILES string of the molecule is C[C@H](Cc1ccc(C(F)(F)F)c(C(=O)OC(C)(C)C)c1OC(=O)OC(C)(C)C)B1O[C@@H]2C[C@@H]3C[C@@H](C3(C)C)[C@]2(C)O1. The fourth-order valence-electron chi connectivity index (χ4n) is 6.61. The molecule has 4 aliphatic rings. The molecule has 0 aromatic heterocycles. The number of hydrogen-bond acceptors (Lipinski definition) is 7. The summed E-state index contributed by atoms with van der Waals surface area (Å²) in [5, 5.41) is 0. The fourth-order valence-corrected chi connectivity index (χ4v) is 6.61. The van der Waals surface area contributed by atoms with Gasteiger partial charge in [0.1, 0.15) is 16.8 Å². The van der Waals surface area contributed by atoms with E-state index >= 15 is 0 Å². The number of carbonyl (C=O) groups is 2. The molecule has 1 heterocycles. The third-order valence-electron chi connectivity index (χ3n) is 8.70. The summed E-state index contributed by atoms with van der Waals surface area (Å²) in [6, 6.07) is 2.04. The maximum absolute atomic E-state index is 14.2. The number of esters is 1. The largest absolute Gasteiger partial charge is 0.514 e. The van der Waals surface area contributed by atoms with E-state index in [1.165, 1.54) is 6.07 Å². The summed E-state index contributed by atoms with van der Waals surface area (Å²) in [5.74, 6) is -1.25. The van der Waals surface area contributed by atoms with Gasteiger partial charge in [-0.3, -0.25) is 0 Å². The fraction of sp³-hybridized carbons (Fsp3) is 0.733. The Morgan fingerprint density at radius 1 is 1.02 bits per heavy atom. The Hall–Kier alpha value is -2.27. The van der Waals surface area contributed by atoms with Crippen molar-refractivity contribution in [1.82, 2.24) is 0 Å². The van der Waals surface area contributed by atoms with Gasteiger partial charge in [-0.2, -0.15) is 13.2 Å². The molecule has 0 amide bonds. The second-order valence-electron chi connectivity index (χ2n) is 14.6. The molecule has 5 atom stereocenters. The van der Waals surface area contributed by atoms with Crippen LogP contribution in [0.2, 0.25) is 5.82 Å². The molecule has 1 aromatic carbocycles. The first-order valence-electron chi connectivity index (χ1n) is 14.2. The maximum atomic E-state index is 14.2. The van der Waals surface area contributed by atoms with E-state index in [4.69, 9.17) is 23.5 Å². The van der Waals surface area contributed by atoms with Crippen LogP contribution in [0.5, 0.6) is 5.75 Å². The summed E-state index contributed by atoms with van der Waals surface area (Å²) in [6.45, 7) is 17.9. The molecule has 0 spiro atoms. The van der Waals surface area contributed by atoms with Crippen LogP contribution in [-0.2, 0) is 31.4 Å². The molecule has 11 heteroatoms. The van der Waals surface area contributed by atoms with Crippen molar-refractivity contribution in [1.29, 1.82) is 0 Å². The molecule has 0 unspecified atom stereocenters. The van der Waals surface area contributed by atoms with Crippen molar-refractivity contribution in [2.75, 3.05) is 0 Å². The minimum Gasteiger partial charge on any atom is -0.456 e. The lowest BCUT2D eigenvalue weighted by Gasteiger charge is -2.64. The van der Waals surface area contributed by atoms with Crippen LogP contribution < -0.4 is 4.74 Å².